The van der Waals surface area contributed by atoms with Crippen LogP contribution in [-0.4, -0.2) is 30.0 Å². The Balaban J connectivity index is 0.000000289. The van der Waals surface area contributed by atoms with Crippen LogP contribution in [-0.2, 0) is 9.53 Å². The summed E-state index contributed by atoms with van der Waals surface area (Å²) < 4.78 is 4.50. The van der Waals surface area contributed by atoms with Gasteiger partial charge in [0.1, 0.15) is 5.84 Å². The Labute approximate surface area is 153 Å². The molecule has 0 aromatic heterocycles. The maximum absolute atomic E-state index is 10.8. The number of carboxylic acids is 1. The molecule has 6 nitrogen and oxygen atoms in total. The molecule has 0 aliphatic carbocycles. The van der Waals surface area contributed by atoms with E-state index in [0.717, 1.165) is 12.0 Å². The minimum absolute atomic E-state index is 0.00651. The molecule has 2 rings (SSSR count). The first-order valence-electron chi connectivity index (χ1n) is 8.18. The molecule has 0 radical (unpaired) electrons. The molecule has 0 saturated heterocycles. The number of methoxy groups -OCH3 is 1. The standard InChI is InChI=1S/C12H16N2O2.C8H8O2/c1-2-8(7-11(15)16)9-4-3-5-10(6-9)12(13)14;1-10-8(9)7-5-3-2-4-6-7/h3-6,8H,2,7H2,1H3,(H3,13,14)(H,15,16);2-6H,1H3. The van der Waals surface area contributed by atoms with Crippen molar-refractivity contribution in [3.05, 3.63) is 71.3 Å². The highest BCUT2D eigenvalue weighted by molar-refractivity contribution is 5.95. The number of benzene rings is 2. The summed E-state index contributed by atoms with van der Waals surface area (Å²) in [4.78, 5) is 21.5. The van der Waals surface area contributed by atoms with Gasteiger partial charge < -0.3 is 15.6 Å². The van der Waals surface area contributed by atoms with Gasteiger partial charge in [0, 0.05) is 5.56 Å². The second-order valence-corrected chi connectivity index (χ2v) is 5.60. The highest BCUT2D eigenvalue weighted by Crippen LogP contribution is 2.23. The summed E-state index contributed by atoms with van der Waals surface area (Å²) in [6.45, 7) is 1.95. The molecule has 6 heteroatoms. The predicted octanol–water partition coefficient (Wildman–Crippen LogP) is 3.41. The quantitative estimate of drug-likeness (QED) is 0.417. The van der Waals surface area contributed by atoms with Crippen molar-refractivity contribution in [1.29, 1.82) is 5.41 Å². The van der Waals surface area contributed by atoms with E-state index in [1.54, 1.807) is 42.5 Å². The molecule has 0 saturated carbocycles. The third kappa shape index (κ3) is 6.76. The molecule has 0 bridgehead atoms. The molecule has 0 amide bonds. The Kier molecular flexibility index (Phi) is 8.57. The van der Waals surface area contributed by atoms with Crippen LogP contribution < -0.4 is 5.73 Å². The van der Waals surface area contributed by atoms with E-state index < -0.39 is 5.97 Å². The number of rotatable bonds is 6. The topological polar surface area (TPSA) is 113 Å². The average molecular weight is 356 g/mol. The van der Waals surface area contributed by atoms with Gasteiger partial charge in [-0.1, -0.05) is 43.3 Å². The summed E-state index contributed by atoms with van der Waals surface area (Å²) in [5.41, 5.74) is 7.55. The fourth-order valence-electron chi connectivity index (χ4n) is 2.36. The van der Waals surface area contributed by atoms with Gasteiger partial charge in [-0.25, -0.2) is 4.79 Å². The summed E-state index contributed by atoms with van der Waals surface area (Å²) in [7, 11) is 1.37. The highest BCUT2D eigenvalue weighted by Gasteiger charge is 2.14. The molecule has 26 heavy (non-hydrogen) atoms. The zero-order valence-electron chi connectivity index (χ0n) is 14.9. The van der Waals surface area contributed by atoms with Crippen molar-refractivity contribution in [2.45, 2.75) is 25.7 Å². The van der Waals surface area contributed by atoms with Crippen molar-refractivity contribution in [3.8, 4) is 0 Å². The SMILES string of the molecule is CCC(CC(=O)O)c1cccc(C(=N)N)c1.COC(=O)c1ccccc1. The first kappa shape index (κ1) is 20.9. The third-order valence-corrected chi connectivity index (χ3v) is 3.78. The van der Waals surface area contributed by atoms with Gasteiger partial charge in [0.15, 0.2) is 0 Å². The van der Waals surface area contributed by atoms with Crippen molar-refractivity contribution in [2.75, 3.05) is 7.11 Å². The van der Waals surface area contributed by atoms with Gasteiger partial charge in [0.05, 0.1) is 19.1 Å². The summed E-state index contributed by atoms with van der Waals surface area (Å²) in [5, 5.41) is 16.1. The number of hydrogen-bond donors (Lipinski definition) is 3. The Morgan fingerprint density at radius 3 is 2.23 bits per heavy atom. The smallest absolute Gasteiger partial charge is 0.337 e. The molecule has 2 aromatic carbocycles. The van der Waals surface area contributed by atoms with Crippen LogP contribution in [0.2, 0.25) is 0 Å². The number of aliphatic carboxylic acids is 1. The van der Waals surface area contributed by atoms with Crippen LogP contribution >= 0.6 is 0 Å². The normalized spacial score (nSPS) is 10.8. The Morgan fingerprint density at radius 1 is 1.12 bits per heavy atom. The second-order valence-electron chi connectivity index (χ2n) is 5.60. The Bertz CT molecular complexity index is 744. The van der Waals surface area contributed by atoms with E-state index >= 15 is 0 Å². The number of nitrogens with two attached hydrogens (primary N) is 1. The van der Waals surface area contributed by atoms with E-state index in [9.17, 15) is 9.59 Å². The van der Waals surface area contributed by atoms with Crippen LogP contribution in [0, 0.1) is 5.41 Å². The first-order chi connectivity index (χ1) is 12.4. The van der Waals surface area contributed by atoms with E-state index in [0.29, 0.717) is 11.1 Å². The zero-order chi connectivity index (χ0) is 19.5. The number of carboxylic acid groups (broad SMARTS) is 1. The first-order valence-corrected chi connectivity index (χ1v) is 8.18. The third-order valence-electron chi connectivity index (χ3n) is 3.78. The number of carbonyl (C=O) groups excluding carboxylic acids is 1. The number of amidine groups is 1. The van der Waals surface area contributed by atoms with Gasteiger partial charge in [-0.3, -0.25) is 10.2 Å². The molecule has 0 aliphatic rings. The van der Waals surface area contributed by atoms with Crippen LogP contribution in [0.4, 0.5) is 0 Å². The second kappa shape index (κ2) is 10.7. The number of nitrogen functional groups attached to an aromatic ring is 1. The lowest BCUT2D eigenvalue weighted by molar-refractivity contribution is -0.137. The van der Waals surface area contributed by atoms with Gasteiger partial charge in [0.25, 0.3) is 0 Å². The van der Waals surface area contributed by atoms with E-state index in [1.807, 2.05) is 19.1 Å². The molecule has 2 aromatic rings. The average Bonchev–Trinajstić information content (AvgIpc) is 2.66. The molecule has 1 unspecified atom stereocenters. The van der Waals surface area contributed by atoms with Gasteiger partial charge in [-0.15, -0.1) is 0 Å². The van der Waals surface area contributed by atoms with Crippen molar-refractivity contribution in [3.63, 3.8) is 0 Å². The highest BCUT2D eigenvalue weighted by atomic mass is 16.5. The minimum Gasteiger partial charge on any atom is -0.481 e. The number of hydrogen-bond acceptors (Lipinski definition) is 4. The number of esters is 1. The Morgan fingerprint density at radius 2 is 1.73 bits per heavy atom. The molecular formula is C20H24N2O4. The summed E-state index contributed by atoms with van der Waals surface area (Å²) >= 11 is 0. The van der Waals surface area contributed by atoms with Crippen LogP contribution in [0.25, 0.3) is 0 Å². The van der Waals surface area contributed by atoms with Gasteiger partial charge in [-0.2, -0.15) is 0 Å². The van der Waals surface area contributed by atoms with Gasteiger partial charge in [0.2, 0.25) is 0 Å². The maximum Gasteiger partial charge on any atom is 0.337 e. The van der Waals surface area contributed by atoms with Crippen LogP contribution in [0.15, 0.2) is 54.6 Å². The number of ether oxygens (including phenoxy) is 1. The molecule has 4 N–H and O–H groups in total. The fraction of sp³-hybridized carbons (Fsp3) is 0.250. The Hall–Kier alpha value is -3.15. The van der Waals surface area contributed by atoms with Crippen molar-refractivity contribution < 1.29 is 19.4 Å². The monoisotopic (exact) mass is 356 g/mol. The summed E-state index contributed by atoms with van der Waals surface area (Å²) in [6, 6.07) is 16.1. The number of carbonyl (C=O) groups is 2. The predicted molar refractivity (Wildman–Crippen MR) is 101 cm³/mol. The van der Waals surface area contributed by atoms with Crippen molar-refractivity contribution in [2.24, 2.45) is 5.73 Å². The number of nitrogens with one attached hydrogen (secondary N) is 1. The van der Waals surface area contributed by atoms with E-state index in [2.05, 4.69) is 4.74 Å². The van der Waals surface area contributed by atoms with Crippen LogP contribution in [0.3, 0.4) is 0 Å². The molecule has 138 valence electrons. The maximum atomic E-state index is 10.8. The van der Waals surface area contributed by atoms with Gasteiger partial charge in [-0.05, 0) is 36.1 Å². The lowest BCUT2D eigenvalue weighted by Crippen LogP contribution is -2.12. The zero-order valence-corrected chi connectivity index (χ0v) is 14.9. The van der Waals surface area contributed by atoms with Crippen LogP contribution in [0.5, 0.6) is 0 Å². The molecule has 0 heterocycles. The largest absolute Gasteiger partial charge is 0.481 e. The van der Waals surface area contributed by atoms with E-state index in [1.165, 1.54) is 7.11 Å². The summed E-state index contributed by atoms with van der Waals surface area (Å²) in [6.07, 6.45) is 0.867. The molecule has 1 atom stereocenters. The molecule has 0 aliphatic heterocycles. The van der Waals surface area contributed by atoms with Crippen LogP contribution in [0.1, 0.15) is 47.2 Å². The molecule has 0 fully saturated rings. The summed E-state index contributed by atoms with van der Waals surface area (Å²) in [5.74, 6) is -1.11. The van der Waals surface area contributed by atoms with E-state index in [4.69, 9.17) is 16.2 Å². The lowest BCUT2D eigenvalue weighted by Gasteiger charge is -2.13. The van der Waals surface area contributed by atoms with Crippen molar-refractivity contribution in [1.82, 2.24) is 0 Å². The lowest BCUT2D eigenvalue weighted by atomic mass is 9.92. The van der Waals surface area contributed by atoms with E-state index in [-0.39, 0.29) is 24.1 Å². The molecule has 0 spiro atoms. The fourth-order valence-corrected chi connectivity index (χ4v) is 2.36. The molecular weight excluding hydrogens is 332 g/mol. The minimum atomic E-state index is -0.805. The van der Waals surface area contributed by atoms with Gasteiger partial charge >= 0.3 is 11.9 Å². The van der Waals surface area contributed by atoms with Crippen molar-refractivity contribution >= 4 is 17.8 Å².